The third-order valence-corrected chi connectivity index (χ3v) is 5.23. The second-order valence-electron chi connectivity index (χ2n) is 7.36. The van der Waals surface area contributed by atoms with Crippen LogP contribution in [-0.4, -0.2) is 37.3 Å². The molecule has 0 N–H and O–H groups in total. The molecule has 2 heterocycles. The Morgan fingerprint density at radius 3 is 2.33 bits per heavy atom. The lowest BCUT2D eigenvalue weighted by Gasteiger charge is -2.28. The monoisotopic (exact) mass is 408 g/mol. The van der Waals surface area contributed by atoms with E-state index in [0.717, 1.165) is 33.2 Å². The number of pyridine rings is 1. The summed E-state index contributed by atoms with van der Waals surface area (Å²) in [5.41, 5.74) is 4.82. The Kier molecular flexibility index (Phi) is 5.11. The first-order chi connectivity index (χ1) is 14.4. The highest BCUT2D eigenvalue weighted by atomic mass is 16.6. The van der Waals surface area contributed by atoms with Crippen LogP contribution >= 0.6 is 0 Å². The molecule has 7 heteroatoms. The van der Waals surface area contributed by atoms with Crippen molar-refractivity contribution in [2.45, 2.75) is 26.9 Å². The standard InChI is InChI=1S/C23H24N2O5/c1-13-6-14(2)17-10-16-12-25(23(26)30-22(16)24-18(17)7-13)11-15-8-19(27-3)21(29-5)20(9-15)28-4/h6-10H,11-12H2,1-5H3. The minimum atomic E-state index is -0.438. The molecule has 7 nitrogen and oxygen atoms in total. The Morgan fingerprint density at radius 1 is 1.00 bits per heavy atom. The van der Waals surface area contributed by atoms with Gasteiger partial charge >= 0.3 is 6.09 Å². The predicted octanol–water partition coefficient (Wildman–Crippen LogP) is 4.39. The second kappa shape index (κ2) is 7.74. The van der Waals surface area contributed by atoms with Crippen LogP contribution < -0.4 is 18.9 Å². The molecular formula is C23H24N2O5. The van der Waals surface area contributed by atoms with Crippen molar-refractivity contribution < 1.29 is 23.7 Å². The van der Waals surface area contributed by atoms with Crippen molar-refractivity contribution in [2.75, 3.05) is 21.3 Å². The van der Waals surface area contributed by atoms with Gasteiger partial charge in [-0.15, -0.1) is 0 Å². The van der Waals surface area contributed by atoms with Crippen LogP contribution in [0.5, 0.6) is 23.1 Å². The quantitative estimate of drug-likeness (QED) is 0.624. The SMILES string of the molecule is COc1cc(CN2Cc3cc4c(C)cc(C)cc4nc3OC2=O)cc(OC)c1OC. The third-order valence-electron chi connectivity index (χ3n) is 5.23. The number of carbonyl (C=O) groups excluding carboxylic acids is 1. The lowest BCUT2D eigenvalue weighted by Crippen LogP contribution is -2.36. The van der Waals surface area contributed by atoms with Crippen molar-refractivity contribution in [3.63, 3.8) is 0 Å². The van der Waals surface area contributed by atoms with Crippen molar-refractivity contribution in [1.82, 2.24) is 9.88 Å². The van der Waals surface area contributed by atoms with Gasteiger partial charge in [-0.25, -0.2) is 9.78 Å². The second-order valence-corrected chi connectivity index (χ2v) is 7.36. The lowest BCUT2D eigenvalue weighted by molar-refractivity contribution is 0.133. The molecular weight excluding hydrogens is 384 g/mol. The number of fused-ring (bicyclic) bond motifs is 2. The molecule has 1 amide bonds. The van der Waals surface area contributed by atoms with Crippen LogP contribution in [-0.2, 0) is 13.1 Å². The molecule has 2 aromatic carbocycles. The van der Waals surface area contributed by atoms with Gasteiger partial charge in [0.25, 0.3) is 0 Å². The van der Waals surface area contributed by atoms with Crippen molar-refractivity contribution in [2.24, 2.45) is 0 Å². The molecule has 1 aromatic heterocycles. The highest BCUT2D eigenvalue weighted by molar-refractivity contribution is 5.85. The van der Waals surface area contributed by atoms with Gasteiger partial charge in [0.05, 0.1) is 33.4 Å². The first-order valence-electron chi connectivity index (χ1n) is 9.60. The summed E-state index contributed by atoms with van der Waals surface area (Å²) in [5, 5.41) is 1.06. The molecule has 4 rings (SSSR count). The Bertz CT molecular complexity index is 1120. The highest BCUT2D eigenvalue weighted by Crippen LogP contribution is 2.39. The van der Waals surface area contributed by atoms with E-state index in [-0.39, 0.29) is 0 Å². The van der Waals surface area contributed by atoms with Gasteiger partial charge in [0.1, 0.15) is 0 Å². The first kappa shape index (κ1) is 19.8. The number of benzene rings is 2. The van der Waals surface area contributed by atoms with E-state index < -0.39 is 6.09 Å². The summed E-state index contributed by atoms with van der Waals surface area (Å²) >= 11 is 0. The summed E-state index contributed by atoms with van der Waals surface area (Å²) in [6, 6.07) is 9.84. The Labute approximate surface area is 175 Å². The molecule has 0 saturated heterocycles. The number of methoxy groups -OCH3 is 3. The van der Waals surface area contributed by atoms with Crippen LogP contribution in [0.25, 0.3) is 10.9 Å². The number of aromatic nitrogens is 1. The van der Waals surface area contributed by atoms with Gasteiger partial charge in [0, 0.05) is 17.5 Å². The van der Waals surface area contributed by atoms with E-state index in [4.69, 9.17) is 18.9 Å². The summed E-state index contributed by atoms with van der Waals surface area (Å²) in [5.74, 6) is 1.96. The molecule has 0 atom stereocenters. The predicted molar refractivity (Wildman–Crippen MR) is 113 cm³/mol. The number of hydrogen-bond donors (Lipinski definition) is 0. The fraction of sp³-hybridized carbons (Fsp3) is 0.304. The van der Waals surface area contributed by atoms with Gasteiger partial charge < -0.3 is 18.9 Å². The molecule has 156 valence electrons. The zero-order valence-corrected chi connectivity index (χ0v) is 17.7. The zero-order valence-electron chi connectivity index (χ0n) is 17.7. The summed E-state index contributed by atoms with van der Waals surface area (Å²) in [7, 11) is 4.68. The van der Waals surface area contributed by atoms with Gasteiger partial charge in [-0.1, -0.05) is 6.07 Å². The van der Waals surface area contributed by atoms with E-state index in [9.17, 15) is 4.79 Å². The Hall–Kier alpha value is -3.48. The van der Waals surface area contributed by atoms with Crippen LogP contribution in [0.1, 0.15) is 22.3 Å². The van der Waals surface area contributed by atoms with Gasteiger partial charge in [-0.05, 0) is 54.8 Å². The average molecular weight is 408 g/mol. The molecule has 0 unspecified atom stereocenters. The van der Waals surface area contributed by atoms with Crippen LogP contribution in [0.2, 0.25) is 0 Å². The number of nitrogens with zero attached hydrogens (tertiary/aromatic N) is 2. The molecule has 30 heavy (non-hydrogen) atoms. The number of amides is 1. The number of aryl methyl sites for hydroxylation is 2. The van der Waals surface area contributed by atoms with Crippen molar-refractivity contribution >= 4 is 17.0 Å². The Balaban J connectivity index is 1.67. The first-order valence-corrected chi connectivity index (χ1v) is 9.60. The topological polar surface area (TPSA) is 70.1 Å². The maximum Gasteiger partial charge on any atom is 0.417 e. The molecule has 0 bridgehead atoms. The number of hydrogen-bond acceptors (Lipinski definition) is 6. The number of ether oxygens (including phenoxy) is 4. The van der Waals surface area contributed by atoms with E-state index in [1.54, 1.807) is 26.2 Å². The maximum atomic E-state index is 12.6. The van der Waals surface area contributed by atoms with E-state index in [1.165, 1.54) is 0 Å². The average Bonchev–Trinajstić information content (AvgIpc) is 2.72. The molecule has 3 aromatic rings. The van der Waals surface area contributed by atoms with Crippen LogP contribution in [0.15, 0.2) is 30.3 Å². The fourth-order valence-corrected chi connectivity index (χ4v) is 3.84. The molecule has 1 aliphatic heterocycles. The van der Waals surface area contributed by atoms with Crippen LogP contribution in [0, 0.1) is 13.8 Å². The van der Waals surface area contributed by atoms with E-state index in [1.807, 2.05) is 25.1 Å². The Morgan fingerprint density at radius 2 is 1.70 bits per heavy atom. The minimum absolute atomic E-state index is 0.333. The minimum Gasteiger partial charge on any atom is -0.493 e. The van der Waals surface area contributed by atoms with Gasteiger partial charge in [-0.3, -0.25) is 4.90 Å². The number of rotatable bonds is 5. The van der Waals surface area contributed by atoms with Gasteiger partial charge in [0.2, 0.25) is 11.6 Å². The highest BCUT2D eigenvalue weighted by Gasteiger charge is 2.27. The van der Waals surface area contributed by atoms with E-state index >= 15 is 0 Å². The van der Waals surface area contributed by atoms with Crippen LogP contribution in [0.3, 0.4) is 0 Å². The largest absolute Gasteiger partial charge is 0.493 e. The molecule has 0 saturated carbocycles. The summed E-state index contributed by atoms with van der Waals surface area (Å²) < 4.78 is 21.7. The van der Waals surface area contributed by atoms with Crippen molar-refractivity contribution in [3.05, 3.63) is 52.6 Å². The molecule has 0 fully saturated rings. The van der Waals surface area contributed by atoms with E-state index in [0.29, 0.717) is 36.2 Å². The van der Waals surface area contributed by atoms with Crippen LogP contribution in [0.4, 0.5) is 4.79 Å². The van der Waals surface area contributed by atoms with Crippen molar-refractivity contribution in [3.8, 4) is 23.1 Å². The maximum absolute atomic E-state index is 12.6. The molecule has 1 aliphatic rings. The summed E-state index contributed by atoms with van der Waals surface area (Å²) in [6.07, 6.45) is -0.438. The normalized spacial score (nSPS) is 13.1. The lowest BCUT2D eigenvalue weighted by atomic mass is 10.0. The number of carbonyl (C=O) groups is 1. The fourth-order valence-electron chi connectivity index (χ4n) is 3.84. The summed E-state index contributed by atoms with van der Waals surface area (Å²) in [6.45, 7) is 4.83. The van der Waals surface area contributed by atoms with E-state index in [2.05, 4.69) is 24.0 Å². The summed E-state index contributed by atoms with van der Waals surface area (Å²) in [4.78, 5) is 18.8. The smallest absolute Gasteiger partial charge is 0.417 e. The van der Waals surface area contributed by atoms with Gasteiger partial charge in [-0.2, -0.15) is 0 Å². The van der Waals surface area contributed by atoms with Crippen molar-refractivity contribution in [1.29, 1.82) is 0 Å². The third kappa shape index (κ3) is 3.47. The molecule has 0 radical (unpaired) electrons. The zero-order chi connectivity index (χ0) is 21.4. The molecule has 0 aliphatic carbocycles. The van der Waals surface area contributed by atoms with Gasteiger partial charge in [0.15, 0.2) is 11.5 Å². The molecule has 0 spiro atoms.